The zero-order chi connectivity index (χ0) is 18.0. The molecule has 3 N–H and O–H groups in total. The van der Waals surface area contributed by atoms with Crippen LogP contribution in [-0.2, 0) is 14.3 Å². The van der Waals surface area contributed by atoms with E-state index in [0.29, 0.717) is 16.5 Å². The van der Waals surface area contributed by atoms with E-state index in [9.17, 15) is 14.4 Å². The van der Waals surface area contributed by atoms with Crippen molar-refractivity contribution in [1.29, 1.82) is 0 Å². The lowest BCUT2D eigenvalue weighted by Gasteiger charge is -2.32. The highest BCUT2D eigenvalue weighted by Crippen LogP contribution is 2.40. The number of carbonyl (C=O) groups is 3. The normalized spacial score (nSPS) is 26.0. The molecule has 1 aromatic rings. The number of likely N-dealkylation sites (tertiary alicyclic amines) is 1. The Bertz CT molecular complexity index is 675. The van der Waals surface area contributed by atoms with Crippen LogP contribution in [0.3, 0.4) is 0 Å². The highest BCUT2D eigenvalue weighted by Gasteiger charge is 2.46. The maximum atomic E-state index is 12.5. The molecule has 0 spiro atoms. The van der Waals surface area contributed by atoms with Gasteiger partial charge in [0.15, 0.2) is 0 Å². The number of carbonyl (C=O) groups excluding carboxylic acids is 3. The number of esters is 1. The van der Waals surface area contributed by atoms with Gasteiger partial charge in [-0.1, -0.05) is 12.8 Å². The summed E-state index contributed by atoms with van der Waals surface area (Å²) in [6.07, 6.45) is 5.12. The van der Waals surface area contributed by atoms with E-state index in [2.05, 4.69) is 5.32 Å². The van der Waals surface area contributed by atoms with Crippen molar-refractivity contribution in [3.63, 3.8) is 0 Å². The number of amides is 2. The maximum Gasteiger partial charge on any atom is 0.323 e. The molecule has 2 amide bonds. The molecule has 0 radical (unpaired) electrons. The van der Waals surface area contributed by atoms with Crippen molar-refractivity contribution in [3.8, 4) is 0 Å². The fraction of sp³-hybridized carbons (Fsp3) is 0.588. The van der Waals surface area contributed by atoms with Crippen molar-refractivity contribution in [1.82, 2.24) is 4.90 Å². The summed E-state index contributed by atoms with van der Waals surface area (Å²) in [5, 5.41) is 4.92. The van der Waals surface area contributed by atoms with Gasteiger partial charge in [-0.2, -0.15) is 0 Å². The number of nitrogens with one attached hydrogen (secondary N) is 1. The molecule has 3 rings (SSSR count). The minimum atomic E-state index is -0.572. The van der Waals surface area contributed by atoms with Gasteiger partial charge in [0, 0.05) is 6.04 Å². The van der Waals surface area contributed by atoms with Gasteiger partial charge in [0.25, 0.3) is 5.91 Å². The predicted octanol–water partition coefficient (Wildman–Crippen LogP) is 1.59. The van der Waals surface area contributed by atoms with Crippen LogP contribution in [0.2, 0.25) is 0 Å². The molecule has 1 aliphatic carbocycles. The molecule has 1 aromatic heterocycles. The third-order valence-corrected chi connectivity index (χ3v) is 6.03. The van der Waals surface area contributed by atoms with E-state index in [4.69, 9.17) is 10.5 Å². The van der Waals surface area contributed by atoms with Crippen molar-refractivity contribution in [2.24, 2.45) is 11.7 Å². The highest BCUT2D eigenvalue weighted by molar-refractivity contribution is 7.14. The van der Waals surface area contributed by atoms with Crippen LogP contribution in [0.5, 0.6) is 0 Å². The molecule has 1 saturated carbocycles. The largest absolute Gasteiger partial charge is 0.468 e. The van der Waals surface area contributed by atoms with E-state index < -0.39 is 5.91 Å². The number of ether oxygens (including phenoxy) is 1. The average Bonchev–Trinajstić information content (AvgIpc) is 3.19. The van der Waals surface area contributed by atoms with Gasteiger partial charge >= 0.3 is 5.97 Å². The first-order chi connectivity index (χ1) is 12.0. The van der Waals surface area contributed by atoms with Gasteiger partial charge in [0.1, 0.15) is 11.0 Å². The minimum absolute atomic E-state index is 0.108. The quantitative estimate of drug-likeness (QED) is 0.772. The first-order valence-corrected chi connectivity index (χ1v) is 9.40. The number of anilines is 1. The van der Waals surface area contributed by atoms with Crippen molar-refractivity contribution < 1.29 is 19.1 Å². The summed E-state index contributed by atoms with van der Waals surface area (Å²) < 4.78 is 4.94. The number of thiophene rings is 1. The zero-order valence-corrected chi connectivity index (χ0v) is 15.0. The van der Waals surface area contributed by atoms with Crippen LogP contribution in [-0.4, -0.2) is 48.4 Å². The molecule has 25 heavy (non-hydrogen) atoms. The van der Waals surface area contributed by atoms with Gasteiger partial charge in [-0.25, -0.2) is 0 Å². The standard InChI is InChI=1S/C17H23N3O4S/c1-24-17(23)13-8-10-4-2-3-5-12(10)20(13)9-14(21)19-16-11(15(18)22)6-7-25-16/h6-7,10,12-13H,2-5,8-9H2,1H3,(H2,18,22)(H,19,21)/t10-,12+,13-/m0/s1. The molecule has 0 aromatic carbocycles. The van der Waals surface area contributed by atoms with Crippen LogP contribution in [0.25, 0.3) is 0 Å². The molecule has 0 bridgehead atoms. The third-order valence-electron chi connectivity index (χ3n) is 5.20. The van der Waals surface area contributed by atoms with Gasteiger partial charge in [-0.3, -0.25) is 19.3 Å². The van der Waals surface area contributed by atoms with Crippen LogP contribution in [0.1, 0.15) is 42.5 Å². The monoisotopic (exact) mass is 365 g/mol. The Morgan fingerprint density at radius 1 is 1.36 bits per heavy atom. The van der Waals surface area contributed by atoms with Crippen LogP contribution in [0.15, 0.2) is 11.4 Å². The topological polar surface area (TPSA) is 102 Å². The summed E-state index contributed by atoms with van der Waals surface area (Å²) in [5.41, 5.74) is 5.62. The summed E-state index contributed by atoms with van der Waals surface area (Å²) >= 11 is 1.26. The number of nitrogens with two attached hydrogens (primary N) is 1. The SMILES string of the molecule is COC(=O)[C@@H]1C[C@@H]2CCCC[C@H]2N1CC(=O)Nc1sccc1C(N)=O. The van der Waals surface area contributed by atoms with Gasteiger partial charge in [0.2, 0.25) is 5.91 Å². The third kappa shape index (κ3) is 3.69. The average molecular weight is 365 g/mol. The Balaban J connectivity index is 1.71. The zero-order valence-electron chi connectivity index (χ0n) is 14.2. The molecule has 136 valence electrons. The fourth-order valence-corrected chi connectivity index (χ4v) is 4.89. The second-order valence-corrected chi connectivity index (χ2v) is 7.55. The van der Waals surface area contributed by atoms with E-state index in [1.54, 1.807) is 11.4 Å². The fourth-order valence-electron chi connectivity index (χ4n) is 4.08. The number of fused-ring (bicyclic) bond motifs is 1. The molecule has 0 unspecified atom stereocenters. The van der Waals surface area contributed by atoms with Gasteiger partial charge < -0.3 is 15.8 Å². The van der Waals surface area contributed by atoms with Crippen molar-refractivity contribution in [2.45, 2.75) is 44.2 Å². The number of methoxy groups -OCH3 is 1. The summed E-state index contributed by atoms with van der Waals surface area (Å²) in [6, 6.07) is 1.46. The van der Waals surface area contributed by atoms with Gasteiger partial charge in [0.05, 0.1) is 19.2 Å². The Morgan fingerprint density at radius 3 is 2.84 bits per heavy atom. The molecule has 1 aliphatic heterocycles. The van der Waals surface area contributed by atoms with Crippen LogP contribution in [0, 0.1) is 5.92 Å². The van der Waals surface area contributed by atoms with Crippen molar-refractivity contribution in [2.75, 3.05) is 19.0 Å². The van der Waals surface area contributed by atoms with E-state index in [1.807, 2.05) is 4.90 Å². The predicted molar refractivity (Wildman–Crippen MR) is 94.3 cm³/mol. The lowest BCUT2D eigenvalue weighted by Crippen LogP contribution is -2.46. The Morgan fingerprint density at radius 2 is 2.12 bits per heavy atom. The molecule has 1 saturated heterocycles. The smallest absolute Gasteiger partial charge is 0.323 e. The van der Waals surface area contributed by atoms with Crippen LogP contribution >= 0.6 is 11.3 Å². The first kappa shape index (κ1) is 17.9. The number of hydrogen-bond acceptors (Lipinski definition) is 6. The molecular weight excluding hydrogens is 342 g/mol. The highest BCUT2D eigenvalue weighted by atomic mass is 32.1. The Hall–Kier alpha value is -1.93. The molecule has 2 heterocycles. The van der Waals surface area contributed by atoms with E-state index in [-0.39, 0.29) is 30.5 Å². The lowest BCUT2D eigenvalue weighted by atomic mass is 9.85. The lowest BCUT2D eigenvalue weighted by molar-refractivity contribution is -0.146. The number of hydrogen-bond donors (Lipinski definition) is 2. The van der Waals surface area contributed by atoms with E-state index in [1.165, 1.54) is 24.9 Å². The molecule has 7 nitrogen and oxygen atoms in total. The number of nitrogens with zero attached hydrogens (tertiary/aromatic N) is 1. The molecule has 2 aliphatic rings. The maximum absolute atomic E-state index is 12.5. The molecule has 2 fully saturated rings. The van der Waals surface area contributed by atoms with Crippen molar-refractivity contribution >= 4 is 34.1 Å². The van der Waals surface area contributed by atoms with E-state index >= 15 is 0 Å². The second kappa shape index (κ2) is 7.53. The van der Waals surface area contributed by atoms with Gasteiger partial charge in [-0.15, -0.1) is 11.3 Å². The summed E-state index contributed by atoms with van der Waals surface area (Å²) in [7, 11) is 1.38. The van der Waals surface area contributed by atoms with Crippen LogP contribution < -0.4 is 11.1 Å². The molecular formula is C17H23N3O4S. The minimum Gasteiger partial charge on any atom is -0.468 e. The first-order valence-electron chi connectivity index (χ1n) is 8.52. The van der Waals surface area contributed by atoms with Crippen molar-refractivity contribution in [3.05, 3.63) is 17.0 Å². The van der Waals surface area contributed by atoms with Crippen LogP contribution in [0.4, 0.5) is 5.00 Å². The molecule has 8 heteroatoms. The van der Waals surface area contributed by atoms with E-state index in [0.717, 1.165) is 25.7 Å². The van der Waals surface area contributed by atoms with Gasteiger partial charge in [-0.05, 0) is 36.6 Å². The Labute approximate surface area is 150 Å². The summed E-state index contributed by atoms with van der Waals surface area (Å²) in [5.74, 6) is -0.660. The Kier molecular flexibility index (Phi) is 5.39. The molecule has 3 atom stereocenters. The second-order valence-electron chi connectivity index (χ2n) is 6.63. The number of rotatable bonds is 5. The summed E-state index contributed by atoms with van der Waals surface area (Å²) in [6.45, 7) is 0.108. The number of primary amides is 1. The summed E-state index contributed by atoms with van der Waals surface area (Å²) in [4.78, 5) is 38.0.